The first kappa shape index (κ1) is 19.9. The van der Waals surface area contributed by atoms with E-state index in [1.165, 1.54) is 6.39 Å². The molecular weight excluding hydrogens is 403 g/mol. The number of nitrogens with one attached hydrogen (secondary N) is 1. The predicted molar refractivity (Wildman–Crippen MR) is 105 cm³/mol. The van der Waals surface area contributed by atoms with Gasteiger partial charge in [0.15, 0.2) is 18.8 Å². The maximum Gasteiger partial charge on any atom is 0.338 e. The molecule has 0 radical (unpaired) electrons. The Hall–Kier alpha value is -2.83. The third-order valence-corrected chi connectivity index (χ3v) is 4.54. The van der Waals surface area contributed by atoms with Crippen LogP contribution in [0.4, 0.5) is 0 Å². The average Bonchev–Trinajstić information content (AvgIpc) is 3.21. The zero-order chi connectivity index (χ0) is 20.1. The second kappa shape index (κ2) is 8.91. The first-order valence-electron chi connectivity index (χ1n) is 8.34. The molecule has 1 amide bonds. The molecule has 0 aliphatic heterocycles. The van der Waals surface area contributed by atoms with Crippen molar-refractivity contribution in [1.29, 1.82) is 0 Å². The Bertz CT molecular complexity index is 972. The van der Waals surface area contributed by atoms with Crippen molar-refractivity contribution in [2.24, 2.45) is 0 Å². The molecule has 0 saturated heterocycles. The maximum absolute atomic E-state index is 12.1. The van der Waals surface area contributed by atoms with Gasteiger partial charge in [-0.25, -0.2) is 9.78 Å². The Morgan fingerprint density at radius 1 is 1.18 bits per heavy atom. The number of carbonyl (C=O) groups excluding carboxylic acids is 2. The molecule has 0 saturated carbocycles. The zero-order valence-electron chi connectivity index (χ0n) is 14.8. The Kier molecular flexibility index (Phi) is 6.34. The fourth-order valence-electron chi connectivity index (χ4n) is 2.56. The molecule has 28 heavy (non-hydrogen) atoms. The molecule has 8 heteroatoms. The number of amides is 1. The number of aromatic nitrogens is 1. The van der Waals surface area contributed by atoms with Crippen LogP contribution >= 0.6 is 23.2 Å². The van der Waals surface area contributed by atoms with Crippen molar-refractivity contribution < 1.29 is 18.7 Å². The fourth-order valence-corrected chi connectivity index (χ4v) is 3.13. The van der Waals surface area contributed by atoms with Crippen LogP contribution in [-0.4, -0.2) is 23.5 Å². The number of hydrogen-bond acceptors (Lipinski definition) is 5. The molecular formula is C20H16Cl2N2O4. The number of benzene rings is 2. The summed E-state index contributed by atoms with van der Waals surface area (Å²) in [4.78, 5) is 28.0. The van der Waals surface area contributed by atoms with Gasteiger partial charge in [0, 0.05) is 15.6 Å². The molecule has 1 aromatic heterocycles. The normalized spacial score (nSPS) is 11.7. The smallest absolute Gasteiger partial charge is 0.338 e. The molecule has 1 heterocycles. The molecule has 0 aliphatic rings. The first-order valence-corrected chi connectivity index (χ1v) is 9.10. The first-order chi connectivity index (χ1) is 13.4. The largest absolute Gasteiger partial charge is 0.452 e. The van der Waals surface area contributed by atoms with Crippen molar-refractivity contribution in [3.8, 4) is 11.3 Å². The summed E-state index contributed by atoms with van der Waals surface area (Å²) >= 11 is 12.0. The summed E-state index contributed by atoms with van der Waals surface area (Å²) in [5.41, 5.74) is 1.82. The van der Waals surface area contributed by atoms with Gasteiger partial charge < -0.3 is 14.5 Å². The number of esters is 1. The second-order valence-electron chi connectivity index (χ2n) is 5.97. The van der Waals surface area contributed by atoms with Crippen LogP contribution in [-0.2, 0) is 9.53 Å². The minimum absolute atomic E-state index is 0.324. The summed E-state index contributed by atoms with van der Waals surface area (Å²) in [5, 5.41) is 3.69. The lowest BCUT2D eigenvalue weighted by molar-refractivity contribution is -0.124. The van der Waals surface area contributed by atoms with Crippen molar-refractivity contribution in [2.75, 3.05) is 6.61 Å². The fraction of sp³-hybridized carbons (Fsp3) is 0.150. The van der Waals surface area contributed by atoms with Crippen LogP contribution in [0.1, 0.15) is 28.9 Å². The van der Waals surface area contributed by atoms with Crippen molar-refractivity contribution in [3.63, 3.8) is 0 Å². The molecule has 144 valence electrons. The number of halogens is 2. The number of carbonyl (C=O) groups is 2. The molecule has 0 bridgehead atoms. The number of nitrogens with zero attached hydrogens (tertiary/aromatic N) is 1. The lowest BCUT2D eigenvalue weighted by Gasteiger charge is -2.16. The molecule has 2 aromatic carbocycles. The molecule has 1 atom stereocenters. The van der Waals surface area contributed by atoms with Gasteiger partial charge >= 0.3 is 5.97 Å². The summed E-state index contributed by atoms with van der Waals surface area (Å²) < 4.78 is 10.3. The SMILES string of the molecule is CC(NC(=O)COC(=O)c1ccc(-c2cnco2)cc1)c1ccc(Cl)cc1Cl. The van der Waals surface area contributed by atoms with Gasteiger partial charge in [-0.1, -0.05) is 41.4 Å². The van der Waals surface area contributed by atoms with Gasteiger partial charge in [-0.15, -0.1) is 0 Å². The van der Waals surface area contributed by atoms with E-state index in [9.17, 15) is 9.59 Å². The van der Waals surface area contributed by atoms with Crippen LogP contribution in [0.25, 0.3) is 11.3 Å². The topological polar surface area (TPSA) is 81.4 Å². The van der Waals surface area contributed by atoms with Crippen LogP contribution in [0.5, 0.6) is 0 Å². The van der Waals surface area contributed by atoms with Gasteiger partial charge in [0.05, 0.1) is 17.8 Å². The Morgan fingerprint density at radius 3 is 2.57 bits per heavy atom. The quantitative estimate of drug-likeness (QED) is 0.587. The standard InChI is InChI=1S/C20H16Cl2N2O4/c1-12(16-7-6-15(21)8-17(16)22)24-19(25)10-27-20(26)14-4-2-13(3-5-14)18-9-23-11-28-18/h2-9,11-12H,10H2,1H3,(H,24,25). The van der Waals surface area contributed by atoms with Crippen LogP contribution in [0.3, 0.4) is 0 Å². The minimum atomic E-state index is -0.601. The molecule has 3 aromatic rings. The number of ether oxygens (including phenoxy) is 1. The van der Waals surface area contributed by atoms with E-state index in [1.807, 2.05) is 0 Å². The molecule has 0 spiro atoms. The van der Waals surface area contributed by atoms with Crippen LogP contribution < -0.4 is 5.32 Å². The third kappa shape index (κ3) is 4.91. The Morgan fingerprint density at radius 2 is 1.93 bits per heavy atom. The number of oxazole rings is 1. The van der Waals surface area contributed by atoms with Crippen molar-refractivity contribution >= 4 is 35.1 Å². The van der Waals surface area contributed by atoms with Crippen molar-refractivity contribution in [2.45, 2.75) is 13.0 Å². The average molecular weight is 419 g/mol. The molecule has 1 unspecified atom stereocenters. The lowest BCUT2D eigenvalue weighted by atomic mass is 10.1. The number of hydrogen-bond donors (Lipinski definition) is 1. The minimum Gasteiger partial charge on any atom is -0.452 e. The second-order valence-corrected chi connectivity index (χ2v) is 6.82. The summed E-state index contributed by atoms with van der Waals surface area (Å²) in [7, 11) is 0. The molecule has 3 rings (SSSR count). The highest BCUT2D eigenvalue weighted by molar-refractivity contribution is 6.35. The van der Waals surface area contributed by atoms with Crippen LogP contribution in [0.15, 0.2) is 59.5 Å². The maximum atomic E-state index is 12.1. The summed E-state index contributed by atoms with van der Waals surface area (Å²) in [6.45, 7) is 1.37. The third-order valence-electron chi connectivity index (χ3n) is 3.98. The van der Waals surface area contributed by atoms with Gasteiger partial charge in [0.2, 0.25) is 0 Å². The zero-order valence-corrected chi connectivity index (χ0v) is 16.3. The van der Waals surface area contributed by atoms with E-state index in [1.54, 1.807) is 55.6 Å². The van der Waals surface area contributed by atoms with Crippen LogP contribution in [0, 0.1) is 0 Å². The summed E-state index contributed by atoms with van der Waals surface area (Å²) in [6, 6.07) is 11.3. The van der Waals surface area contributed by atoms with Gasteiger partial charge in [-0.2, -0.15) is 0 Å². The molecule has 0 fully saturated rings. The summed E-state index contributed by atoms with van der Waals surface area (Å²) in [5.74, 6) is -0.448. The van der Waals surface area contributed by atoms with E-state index in [4.69, 9.17) is 32.4 Å². The Balaban J connectivity index is 1.53. The van der Waals surface area contributed by atoms with Gasteiger partial charge in [0.1, 0.15) is 0 Å². The van der Waals surface area contributed by atoms with E-state index in [0.717, 1.165) is 5.56 Å². The monoisotopic (exact) mass is 418 g/mol. The van der Waals surface area contributed by atoms with E-state index in [2.05, 4.69) is 10.3 Å². The van der Waals surface area contributed by atoms with E-state index < -0.39 is 18.5 Å². The summed E-state index contributed by atoms with van der Waals surface area (Å²) in [6.07, 6.45) is 2.90. The Labute approximate surface area is 171 Å². The highest BCUT2D eigenvalue weighted by Gasteiger charge is 2.15. The van der Waals surface area contributed by atoms with Gasteiger partial charge in [-0.05, 0) is 36.8 Å². The predicted octanol–water partition coefficient (Wildman–Crippen LogP) is 4.68. The van der Waals surface area contributed by atoms with E-state index >= 15 is 0 Å². The van der Waals surface area contributed by atoms with E-state index in [-0.39, 0.29) is 6.04 Å². The van der Waals surface area contributed by atoms with E-state index in [0.29, 0.717) is 26.9 Å². The molecule has 0 aliphatic carbocycles. The molecule has 6 nitrogen and oxygen atoms in total. The molecule has 1 N–H and O–H groups in total. The van der Waals surface area contributed by atoms with Crippen molar-refractivity contribution in [1.82, 2.24) is 10.3 Å². The number of rotatable bonds is 6. The highest BCUT2D eigenvalue weighted by Crippen LogP contribution is 2.26. The lowest BCUT2D eigenvalue weighted by Crippen LogP contribution is -2.31. The van der Waals surface area contributed by atoms with Gasteiger partial charge in [0.25, 0.3) is 5.91 Å². The van der Waals surface area contributed by atoms with Crippen molar-refractivity contribution in [3.05, 3.63) is 76.2 Å². The van der Waals surface area contributed by atoms with Crippen LogP contribution in [0.2, 0.25) is 10.0 Å². The van der Waals surface area contributed by atoms with Gasteiger partial charge in [-0.3, -0.25) is 4.79 Å². The highest BCUT2D eigenvalue weighted by atomic mass is 35.5.